The number of carbonyl (C=O) groups excluding carboxylic acids is 2. The number of imidazole rings is 1. The van der Waals surface area contributed by atoms with Crippen LogP contribution in [0.2, 0.25) is 0 Å². The van der Waals surface area contributed by atoms with Crippen molar-refractivity contribution in [1.82, 2.24) is 15.3 Å². The molecule has 0 atom stereocenters. The predicted octanol–water partition coefficient (Wildman–Crippen LogP) is 2.80. The van der Waals surface area contributed by atoms with Gasteiger partial charge in [-0.05, 0) is 55.3 Å². The lowest BCUT2D eigenvalue weighted by molar-refractivity contribution is -0.114. The minimum atomic E-state index is -0.137. The Morgan fingerprint density at radius 3 is 2.60 bits per heavy atom. The molecule has 1 aromatic heterocycles. The van der Waals surface area contributed by atoms with Gasteiger partial charge < -0.3 is 15.6 Å². The normalized spacial score (nSPS) is 10.6. The smallest absolute Gasteiger partial charge is 0.251 e. The molecule has 25 heavy (non-hydrogen) atoms. The van der Waals surface area contributed by atoms with Crippen molar-refractivity contribution in [2.24, 2.45) is 0 Å². The van der Waals surface area contributed by atoms with Crippen LogP contribution >= 0.6 is 0 Å². The molecular formula is C19H20N4O2. The molecule has 0 saturated heterocycles. The average molecular weight is 336 g/mol. The van der Waals surface area contributed by atoms with Gasteiger partial charge in [-0.3, -0.25) is 9.59 Å². The molecule has 0 spiro atoms. The summed E-state index contributed by atoms with van der Waals surface area (Å²) in [5.41, 5.74) is 4.33. The Hall–Kier alpha value is -3.15. The second kappa shape index (κ2) is 7.17. The summed E-state index contributed by atoms with van der Waals surface area (Å²) in [6.45, 7) is 3.92. The number of aromatic nitrogens is 2. The summed E-state index contributed by atoms with van der Waals surface area (Å²) in [5, 5.41) is 5.58. The van der Waals surface area contributed by atoms with Crippen molar-refractivity contribution in [1.29, 1.82) is 0 Å². The lowest BCUT2D eigenvalue weighted by atomic mass is 10.1. The molecule has 0 aliphatic rings. The van der Waals surface area contributed by atoms with Crippen LogP contribution < -0.4 is 10.6 Å². The molecule has 0 radical (unpaired) electrons. The van der Waals surface area contributed by atoms with Gasteiger partial charge >= 0.3 is 0 Å². The van der Waals surface area contributed by atoms with Crippen molar-refractivity contribution in [2.45, 2.75) is 20.3 Å². The molecule has 0 saturated carbocycles. The van der Waals surface area contributed by atoms with E-state index in [0.29, 0.717) is 17.8 Å². The largest absolute Gasteiger partial charge is 0.352 e. The van der Waals surface area contributed by atoms with Crippen LogP contribution in [0.15, 0.2) is 42.5 Å². The van der Waals surface area contributed by atoms with E-state index in [-0.39, 0.29) is 11.8 Å². The Labute approximate surface area is 145 Å². The molecule has 2 amide bonds. The van der Waals surface area contributed by atoms with E-state index in [1.807, 2.05) is 19.1 Å². The lowest BCUT2D eigenvalue weighted by Crippen LogP contribution is -2.25. The molecule has 128 valence electrons. The Morgan fingerprint density at radius 2 is 1.88 bits per heavy atom. The molecule has 0 fully saturated rings. The van der Waals surface area contributed by atoms with Gasteiger partial charge in [0.05, 0.1) is 11.0 Å². The maximum absolute atomic E-state index is 12.2. The maximum Gasteiger partial charge on any atom is 0.251 e. The standard InChI is InChI=1S/C19H20N4O2/c1-12-21-17-8-3-14(11-18(17)22-12)9-10-20-19(25)15-4-6-16(7-5-15)23-13(2)24/h3-8,11H,9-10H2,1-2H3,(H,20,25)(H,21,22)(H,23,24). The Balaban J connectivity index is 1.55. The third kappa shape index (κ3) is 4.23. The minimum absolute atomic E-state index is 0.132. The molecule has 1 heterocycles. The van der Waals surface area contributed by atoms with E-state index in [1.165, 1.54) is 6.92 Å². The first-order valence-electron chi connectivity index (χ1n) is 8.12. The third-order valence-corrected chi connectivity index (χ3v) is 3.83. The van der Waals surface area contributed by atoms with Gasteiger partial charge in [0.25, 0.3) is 5.91 Å². The minimum Gasteiger partial charge on any atom is -0.352 e. The SMILES string of the molecule is CC(=O)Nc1ccc(C(=O)NCCc2ccc3nc(C)[nH]c3c2)cc1. The van der Waals surface area contributed by atoms with E-state index in [2.05, 4.69) is 26.7 Å². The fraction of sp³-hybridized carbons (Fsp3) is 0.211. The zero-order valence-corrected chi connectivity index (χ0v) is 14.2. The molecule has 0 aliphatic heterocycles. The zero-order chi connectivity index (χ0) is 17.8. The first-order valence-corrected chi connectivity index (χ1v) is 8.12. The quantitative estimate of drug-likeness (QED) is 0.669. The summed E-state index contributed by atoms with van der Waals surface area (Å²) in [7, 11) is 0. The molecule has 2 aromatic carbocycles. The van der Waals surface area contributed by atoms with E-state index in [1.54, 1.807) is 24.3 Å². The molecule has 0 bridgehead atoms. The summed E-state index contributed by atoms with van der Waals surface area (Å²) in [4.78, 5) is 30.8. The maximum atomic E-state index is 12.2. The number of nitrogens with one attached hydrogen (secondary N) is 3. The summed E-state index contributed by atoms with van der Waals surface area (Å²) in [5.74, 6) is 0.623. The van der Waals surface area contributed by atoms with Gasteiger partial charge in [-0.2, -0.15) is 0 Å². The van der Waals surface area contributed by atoms with Crippen LogP contribution in [0, 0.1) is 6.92 Å². The average Bonchev–Trinajstić information content (AvgIpc) is 2.94. The third-order valence-electron chi connectivity index (χ3n) is 3.83. The van der Waals surface area contributed by atoms with Gasteiger partial charge in [0.2, 0.25) is 5.91 Å². The topological polar surface area (TPSA) is 86.9 Å². The highest BCUT2D eigenvalue weighted by Gasteiger charge is 2.06. The molecule has 6 heteroatoms. The number of nitrogens with zero attached hydrogens (tertiary/aromatic N) is 1. The number of anilines is 1. The van der Waals surface area contributed by atoms with Gasteiger partial charge in [-0.15, -0.1) is 0 Å². The number of amides is 2. The van der Waals surface area contributed by atoms with Crippen LogP contribution in [-0.4, -0.2) is 28.3 Å². The van der Waals surface area contributed by atoms with Crippen molar-refractivity contribution in [3.63, 3.8) is 0 Å². The molecule has 6 nitrogen and oxygen atoms in total. The van der Waals surface area contributed by atoms with Crippen LogP contribution in [0.4, 0.5) is 5.69 Å². The second-order valence-electron chi connectivity index (χ2n) is 5.94. The number of carbonyl (C=O) groups is 2. The summed E-state index contributed by atoms with van der Waals surface area (Å²) in [6.07, 6.45) is 0.740. The highest BCUT2D eigenvalue weighted by atomic mass is 16.2. The second-order valence-corrected chi connectivity index (χ2v) is 5.94. The van der Waals surface area contributed by atoms with Crippen LogP contribution in [0.1, 0.15) is 28.7 Å². The molecule has 3 N–H and O–H groups in total. The van der Waals surface area contributed by atoms with Crippen LogP contribution in [0.25, 0.3) is 11.0 Å². The zero-order valence-electron chi connectivity index (χ0n) is 14.2. The summed E-state index contributed by atoms with van der Waals surface area (Å²) < 4.78 is 0. The number of hydrogen-bond acceptors (Lipinski definition) is 3. The van der Waals surface area contributed by atoms with Crippen molar-refractivity contribution >= 4 is 28.5 Å². The Bertz CT molecular complexity index is 913. The van der Waals surface area contributed by atoms with Gasteiger partial charge in [0.15, 0.2) is 0 Å². The number of fused-ring (bicyclic) bond motifs is 1. The first-order chi connectivity index (χ1) is 12.0. The van der Waals surface area contributed by atoms with Crippen LogP contribution in [0.3, 0.4) is 0 Å². The highest BCUT2D eigenvalue weighted by molar-refractivity contribution is 5.95. The predicted molar refractivity (Wildman–Crippen MR) is 97.6 cm³/mol. The molecule has 3 rings (SSSR count). The fourth-order valence-corrected chi connectivity index (χ4v) is 2.67. The van der Waals surface area contributed by atoms with Crippen molar-refractivity contribution < 1.29 is 9.59 Å². The number of aryl methyl sites for hydroxylation is 1. The van der Waals surface area contributed by atoms with Crippen LogP contribution in [0.5, 0.6) is 0 Å². The monoisotopic (exact) mass is 336 g/mol. The first kappa shape index (κ1) is 16.7. The summed E-state index contributed by atoms with van der Waals surface area (Å²) >= 11 is 0. The van der Waals surface area contributed by atoms with Gasteiger partial charge in [0.1, 0.15) is 5.82 Å². The number of hydrogen-bond donors (Lipinski definition) is 3. The van der Waals surface area contributed by atoms with E-state index in [0.717, 1.165) is 28.8 Å². The van der Waals surface area contributed by atoms with E-state index >= 15 is 0 Å². The Kier molecular flexibility index (Phi) is 4.79. The molecular weight excluding hydrogens is 316 g/mol. The van der Waals surface area contributed by atoms with E-state index < -0.39 is 0 Å². The fourth-order valence-electron chi connectivity index (χ4n) is 2.67. The van der Waals surface area contributed by atoms with Gasteiger partial charge in [0, 0.05) is 24.7 Å². The van der Waals surface area contributed by atoms with Crippen molar-refractivity contribution in [3.8, 4) is 0 Å². The summed E-state index contributed by atoms with van der Waals surface area (Å²) in [6, 6.07) is 12.9. The number of rotatable bonds is 5. The van der Waals surface area contributed by atoms with Gasteiger partial charge in [-0.1, -0.05) is 6.07 Å². The molecule has 0 unspecified atom stereocenters. The highest BCUT2D eigenvalue weighted by Crippen LogP contribution is 2.14. The lowest BCUT2D eigenvalue weighted by Gasteiger charge is -2.07. The van der Waals surface area contributed by atoms with Crippen molar-refractivity contribution in [3.05, 3.63) is 59.4 Å². The Morgan fingerprint density at radius 1 is 1.12 bits per heavy atom. The number of benzene rings is 2. The van der Waals surface area contributed by atoms with E-state index in [9.17, 15) is 9.59 Å². The van der Waals surface area contributed by atoms with E-state index in [4.69, 9.17) is 0 Å². The van der Waals surface area contributed by atoms with Gasteiger partial charge in [-0.25, -0.2) is 4.98 Å². The molecule has 3 aromatic rings. The number of aromatic amines is 1. The van der Waals surface area contributed by atoms with Crippen LogP contribution in [-0.2, 0) is 11.2 Å². The van der Waals surface area contributed by atoms with Crippen molar-refractivity contribution in [2.75, 3.05) is 11.9 Å². The molecule has 0 aliphatic carbocycles. The number of H-pyrrole nitrogens is 1.